The summed E-state index contributed by atoms with van der Waals surface area (Å²) in [4.78, 5) is 23.5. The molecule has 6 nitrogen and oxygen atoms in total. The van der Waals surface area contributed by atoms with Crippen LogP contribution in [0.25, 0.3) is 0 Å². The Kier molecular flexibility index (Phi) is 3.67. The van der Waals surface area contributed by atoms with Crippen LogP contribution in [0.2, 0.25) is 0 Å². The number of aryl methyl sites for hydroxylation is 1. The van der Waals surface area contributed by atoms with Gasteiger partial charge < -0.3 is 20.3 Å². The summed E-state index contributed by atoms with van der Waals surface area (Å²) in [7, 11) is 0. The molecule has 1 heterocycles. The average Bonchev–Trinajstić information content (AvgIpc) is 2.72. The molecule has 3 N–H and O–H groups in total. The second-order valence-corrected chi connectivity index (χ2v) is 5.26. The Balaban J connectivity index is 2.17. The summed E-state index contributed by atoms with van der Waals surface area (Å²) in [6, 6.07) is 3.83. The SMILES string of the molecule is Cc1cc(O)ccc1C(=O)NC1COCC1(C)C(=O)O. The van der Waals surface area contributed by atoms with Gasteiger partial charge in [-0.05, 0) is 37.6 Å². The van der Waals surface area contributed by atoms with Crippen molar-refractivity contribution in [3.8, 4) is 5.75 Å². The van der Waals surface area contributed by atoms with Crippen LogP contribution in [-0.2, 0) is 9.53 Å². The number of carbonyl (C=O) groups is 2. The minimum absolute atomic E-state index is 0.0713. The second kappa shape index (κ2) is 5.13. The van der Waals surface area contributed by atoms with Crippen molar-refractivity contribution in [3.63, 3.8) is 0 Å². The van der Waals surface area contributed by atoms with Crippen LogP contribution in [0.15, 0.2) is 18.2 Å². The number of ether oxygens (including phenoxy) is 1. The third-order valence-corrected chi connectivity index (χ3v) is 3.70. The van der Waals surface area contributed by atoms with E-state index in [1.807, 2.05) is 0 Å². The molecule has 1 aromatic rings. The van der Waals surface area contributed by atoms with Gasteiger partial charge in [-0.1, -0.05) is 0 Å². The predicted molar refractivity (Wildman–Crippen MR) is 70.7 cm³/mol. The molecule has 2 atom stereocenters. The van der Waals surface area contributed by atoms with E-state index in [2.05, 4.69) is 5.32 Å². The molecule has 20 heavy (non-hydrogen) atoms. The fourth-order valence-corrected chi connectivity index (χ4v) is 2.22. The molecule has 108 valence electrons. The number of phenolic OH excluding ortho intramolecular Hbond substituents is 1. The smallest absolute Gasteiger partial charge is 0.313 e. The first-order valence-electron chi connectivity index (χ1n) is 6.26. The molecule has 1 aliphatic rings. The van der Waals surface area contributed by atoms with Crippen LogP contribution in [0.3, 0.4) is 0 Å². The van der Waals surface area contributed by atoms with Gasteiger partial charge in [0, 0.05) is 5.56 Å². The van der Waals surface area contributed by atoms with Gasteiger partial charge in [0.05, 0.1) is 19.3 Å². The van der Waals surface area contributed by atoms with E-state index >= 15 is 0 Å². The fraction of sp³-hybridized carbons (Fsp3) is 0.429. The fourth-order valence-electron chi connectivity index (χ4n) is 2.22. The van der Waals surface area contributed by atoms with E-state index < -0.39 is 17.4 Å². The topological polar surface area (TPSA) is 95.9 Å². The molecule has 1 aliphatic heterocycles. The lowest BCUT2D eigenvalue weighted by Crippen LogP contribution is -2.49. The number of carboxylic acids is 1. The highest BCUT2D eigenvalue weighted by atomic mass is 16.5. The third kappa shape index (κ3) is 2.46. The normalized spacial score (nSPS) is 25.4. The van der Waals surface area contributed by atoms with Gasteiger partial charge in [0.1, 0.15) is 11.2 Å². The van der Waals surface area contributed by atoms with E-state index in [0.29, 0.717) is 11.1 Å². The van der Waals surface area contributed by atoms with Crippen LogP contribution in [0.5, 0.6) is 5.75 Å². The number of carboxylic acid groups (broad SMARTS) is 1. The first-order chi connectivity index (χ1) is 9.34. The molecule has 0 aromatic heterocycles. The van der Waals surface area contributed by atoms with Gasteiger partial charge in [0.2, 0.25) is 0 Å². The maximum Gasteiger partial charge on any atom is 0.313 e. The highest BCUT2D eigenvalue weighted by molar-refractivity contribution is 5.96. The van der Waals surface area contributed by atoms with Gasteiger partial charge in [-0.3, -0.25) is 9.59 Å². The number of aromatic hydroxyl groups is 1. The quantitative estimate of drug-likeness (QED) is 0.764. The molecule has 0 bridgehead atoms. The summed E-state index contributed by atoms with van der Waals surface area (Å²) >= 11 is 0. The number of hydrogen-bond acceptors (Lipinski definition) is 4. The van der Waals surface area contributed by atoms with Crippen LogP contribution >= 0.6 is 0 Å². The van der Waals surface area contributed by atoms with Crippen molar-refractivity contribution in [3.05, 3.63) is 29.3 Å². The maximum atomic E-state index is 12.2. The molecule has 1 aromatic carbocycles. The van der Waals surface area contributed by atoms with Crippen molar-refractivity contribution in [2.24, 2.45) is 5.41 Å². The summed E-state index contributed by atoms with van der Waals surface area (Å²) in [5, 5.41) is 21.3. The molecule has 0 aliphatic carbocycles. The second-order valence-electron chi connectivity index (χ2n) is 5.26. The predicted octanol–water partition coefficient (Wildman–Crippen LogP) is 0.920. The molecule has 1 saturated heterocycles. The van der Waals surface area contributed by atoms with E-state index in [1.54, 1.807) is 13.8 Å². The lowest BCUT2D eigenvalue weighted by Gasteiger charge is -2.25. The molecular weight excluding hydrogens is 262 g/mol. The van der Waals surface area contributed by atoms with E-state index in [4.69, 9.17) is 4.74 Å². The number of aliphatic carboxylic acids is 1. The average molecular weight is 279 g/mol. The van der Waals surface area contributed by atoms with Crippen LogP contribution in [0, 0.1) is 12.3 Å². The van der Waals surface area contributed by atoms with Gasteiger partial charge in [-0.15, -0.1) is 0 Å². The molecule has 2 unspecified atom stereocenters. The third-order valence-electron chi connectivity index (χ3n) is 3.70. The number of carbonyl (C=O) groups excluding carboxylic acids is 1. The van der Waals surface area contributed by atoms with Crippen LogP contribution < -0.4 is 5.32 Å². The zero-order valence-electron chi connectivity index (χ0n) is 11.3. The zero-order valence-corrected chi connectivity index (χ0v) is 11.3. The molecule has 0 saturated carbocycles. The summed E-state index contributed by atoms with van der Waals surface area (Å²) in [6.07, 6.45) is 0. The molecule has 1 fully saturated rings. The monoisotopic (exact) mass is 279 g/mol. The van der Waals surface area contributed by atoms with Crippen LogP contribution in [-0.4, -0.2) is 41.3 Å². The summed E-state index contributed by atoms with van der Waals surface area (Å²) in [5.41, 5.74) is -0.0959. The van der Waals surface area contributed by atoms with E-state index in [0.717, 1.165) is 0 Å². The Hall–Kier alpha value is -2.08. The lowest BCUT2D eigenvalue weighted by atomic mass is 9.85. The van der Waals surface area contributed by atoms with Gasteiger partial charge >= 0.3 is 5.97 Å². The standard InChI is InChI=1S/C14H17NO5/c1-8-5-9(16)3-4-10(8)12(17)15-11-6-20-7-14(11,2)13(18)19/h3-5,11,16H,6-7H2,1-2H3,(H,15,17)(H,18,19). The van der Waals surface area contributed by atoms with Crippen LogP contribution in [0.1, 0.15) is 22.8 Å². The molecule has 6 heteroatoms. The highest BCUT2D eigenvalue weighted by Crippen LogP contribution is 2.29. The first kappa shape index (κ1) is 14.3. The van der Waals surface area contributed by atoms with Gasteiger partial charge in [0.25, 0.3) is 5.91 Å². The van der Waals surface area contributed by atoms with Crippen molar-refractivity contribution < 1.29 is 24.5 Å². The Morgan fingerprint density at radius 1 is 1.45 bits per heavy atom. The summed E-state index contributed by atoms with van der Waals surface area (Å²) < 4.78 is 5.18. The number of hydrogen-bond donors (Lipinski definition) is 3. The van der Waals surface area contributed by atoms with Crippen molar-refractivity contribution >= 4 is 11.9 Å². The van der Waals surface area contributed by atoms with Gasteiger partial charge in [-0.2, -0.15) is 0 Å². The zero-order chi connectivity index (χ0) is 14.9. The molecule has 1 amide bonds. The Bertz CT molecular complexity index is 556. The van der Waals surface area contributed by atoms with Crippen molar-refractivity contribution in [2.75, 3.05) is 13.2 Å². The van der Waals surface area contributed by atoms with E-state index in [1.165, 1.54) is 18.2 Å². The van der Waals surface area contributed by atoms with Crippen molar-refractivity contribution in [1.29, 1.82) is 0 Å². The molecular formula is C14H17NO5. The Labute approximate surface area is 116 Å². The minimum atomic E-state index is -1.12. The minimum Gasteiger partial charge on any atom is -0.508 e. The van der Waals surface area contributed by atoms with Gasteiger partial charge in [0.15, 0.2) is 0 Å². The van der Waals surface area contributed by atoms with E-state index in [9.17, 15) is 19.8 Å². The summed E-state index contributed by atoms with van der Waals surface area (Å²) in [6.45, 7) is 3.50. The van der Waals surface area contributed by atoms with Crippen molar-refractivity contribution in [1.82, 2.24) is 5.32 Å². The Morgan fingerprint density at radius 3 is 2.75 bits per heavy atom. The highest BCUT2D eigenvalue weighted by Gasteiger charge is 2.47. The molecule has 0 radical (unpaired) electrons. The molecule has 0 spiro atoms. The summed E-state index contributed by atoms with van der Waals surface area (Å²) in [5.74, 6) is -1.29. The Morgan fingerprint density at radius 2 is 2.15 bits per heavy atom. The number of benzene rings is 1. The number of nitrogens with one attached hydrogen (secondary N) is 1. The maximum absolute atomic E-state index is 12.2. The number of rotatable bonds is 3. The number of phenols is 1. The van der Waals surface area contributed by atoms with Crippen molar-refractivity contribution in [2.45, 2.75) is 19.9 Å². The largest absolute Gasteiger partial charge is 0.508 e. The number of amides is 1. The van der Waals surface area contributed by atoms with Crippen LogP contribution in [0.4, 0.5) is 0 Å². The van der Waals surface area contributed by atoms with Gasteiger partial charge in [-0.25, -0.2) is 0 Å². The first-order valence-corrected chi connectivity index (χ1v) is 6.26. The lowest BCUT2D eigenvalue weighted by molar-refractivity contribution is -0.148. The van der Waals surface area contributed by atoms with E-state index in [-0.39, 0.29) is 24.9 Å². The molecule has 2 rings (SSSR count).